The van der Waals surface area contributed by atoms with E-state index >= 15 is 0 Å². The summed E-state index contributed by atoms with van der Waals surface area (Å²) in [7, 11) is 0. The van der Waals surface area contributed by atoms with Crippen molar-refractivity contribution in [2.75, 3.05) is 32.7 Å². The predicted molar refractivity (Wildman–Crippen MR) is 107 cm³/mol. The number of piperazine rings is 1. The fraction of sp³-hybridized carbons (Fsp3) is 0.500. The lowest BCUT2D eigenvalue weighted by Gasteiger charge is -2.39. The molecule has 158 valence electrons. The average molecular weight is 408 g/mol. The van der Waals surface area contributed by atoms with Crippen LogP contribution in [0.1, 0.15) is 19.4 Å². The number of rotatable bonds is 5. The van der Waals surface area contributed by atoms with E-state index in [4.69, 9.17) is 4.99 Å². The zero-order chi connectivity index (χ0) is 20.9. The molecule has 6 nitrogen and oxygen atoms in total. The first kappa shape index (κ1) is 21.2. The molecule has 1 fully saturated rings. The van der Waals surface area contributed by atoms with Crippen LogP contribution in [-0.2, 0) is 6.54 Å². The van der Waals surface area contributed by atoms with E-state index in [1.54, 1.807) is 10.9 Å². The molecule has 0 saturated carbocycles. The SMILES string of the molecule is CCNC(=NCc1ccccc1-n1cccn1)N1CCN(C(C)C(F)(F)F)CC1. The second-order valence-electron chi connectivity index (χ2n) is 6.99. The number of guanidine groups is 1. The molecule has 9 heteroatoms. The van der Waals surface area contributed by atoms with Crippen molar-refractivity contribution in [2.45, 2.75) is 32.6 Å². The van der Waals surface area contributed by atoms with Crippen molar-refractivity contribution in [1.29, 1.82) is 0 Å². The Balaban J connectivity index is 1.69. The van der Waals surface area contributed by atoms with Crippen LogP contribution in [0.25, 0.3) is 5.69 Å². The highest BCUT2D eigenvalue weighted by Gasteiger charge is 2.41. The van der Waals surface area contributed by atoms with E-state index in [1.165, 1.54) is 11.8 Å². The highest BCUT2D eigenvalue weighted by atomic mass is 19.4. The number of para-hydroxylation sites is 1. The first-order chi connectivity index (χ1) is 13.9. The highest BCUT2D eigenvalue weighted by molar-refractivity contribution is 5.80. The van der Waals surface area contributed by atoms with Crippen LogP contribution in [0, 0.1) is 0 Å². The Morgan fingerprint density at radius 3 is 2.52 bits per heavy atom. The van der Waals surface area contributed by atoms with Crippen molar-refractivity contribution in [3.8, 4) is 5.69 Å². The van der Waals surface area contributed by atoms with Crippen LogP contribution in [0.2, 0.25) is 0 Å². The van der Waals surface area contributed by atoms with E-state index in [1.807, 2.05) is 48.4 Å². The van der Waals surface area contributed by atoms with E-state index in [0.717, 1.165) is 17.2 Å². The summed E-state index contributed by atoms with van der Waals surface area (Å²) in [5.74, 6) is 0.724. The molecule has 1 unspecified atom stereocenters. The van der Waals surface area contributed by atoms with Gasteiger partial charge in [-0.25, -0.2) is 9.67 Å². The Kier molecular flexibility index (Phi) is 6.79. The van der Waals surface area contributed by atoms with Crippen molar-refractivity contribution in [3.05, 3.63) is 48.3 Å². The zero-order valence-electron chi connectivity index (χ0n) is 16.7. The number of nitrogens with one attached hydrogen (secondary N) is 1. The molecule has 2 aromatic rings. The number of alkyl halides is 3. The van der Waals surface area contributed by atoms with Crippen molar-refractivity contribution in [1.82, 2.24) is 24.9 Å². The molecule has 0 radical (unpaired) electrons. The van der Waals surface area contributed by atoms with Crippen LogP contribution in [-0.4, -0.2) is 70.5 Å². The third-order valence-electron chi connectivity index (χ3n) is 5.11. The maximum absolute atomic E-state index is 13.0. The minimum Gasteiger partial charge on any atom is -0.357 e. The Labute approximate surface area is 169 Å². The number of aliphatic imine (C=N–C) groups is 1. The van der Waals surface area contributed by atoms with Gasteiger partial charge in [-0.3, -0.25) is 4.90 Å². The van der Waals surface area contributed by atoms with Crippen LogP contribution in [0.3, 0.4) is 0 Å². The molecule has 1 saturated heterocycles. The van der Waals surface area contributed by atoms with Gasteiger partial charge >= 0.3 is 6.18 Å². The third kappa shape index (κ3) is 5.29. The lowest BCUT2D eigenvalue weighted by atomic mass is 10.2. The third-order valence-corrected chi connectivity index (χ3v) is 5.11. The molecule has 3 rings (SSSR count). The standard InChI is InChI=1S/C20H27F3N6/c1-3-24-19(28-13-11-27(12-14-28)16(2)20(21,22)23)25-15-17-7-4-5-8-18(17)29-10-6-9-26-29/h4-10,16H,3,11-15H2,1-2H3,(H,24,25). The molecule has 0 bridgehead atoms. The molecule has 1 aliphatic heterocycles. The largest absolute Gasteiger partial charge is 0.403 e. The number of nitrogens with zero attached hydrogens (tertiary/aromatic N) is 5. The van der Waals surface area contributed by atoms with Gasteiger partial charge in [0.25, 0.3) is 0 Å². The summed E-state index contributed by atoms with van der Waals surface area (Å²) in [4.78, 5) is 8.25. The molecule has 1 atom stereocenters. The molecule has 1 aliphatic rings. The van der Waals surface area contributed by atoms with Gasteiger partial charge < -0.3 is 10.2 Å². The molecular weight excluding hydrogens is 381 g/mol. The van der Waals surface area contributed by atoms with Gasteiger partial charge in [-0.2, -0.15) is 18.3 Å². The molecule has 0 aliphatic carbocycles. The molecule has 1 N–H and O–H groups in total. The minimum atomic E-state index is -4.20. The van der Waals surface area contributed by atoms with E-state index in [-0.39, 0.29) is 0 Å². The van der Waals surface area contributed by atoms with Crippen molar-refractivity contribution in [2.24, 2.45) is 4.99 Å². The van der Waals surface area contributed by atoms with Crippen LogP contribution < -0.4 is 5.32 Å². The molecule has 0 spiro atoms. The topological polar surface area (TPSA) is 48.7 Å². The number of hydrogen-bond donors (Lipinski definition) is 1. The molecule has 0 amide bonds. The van der Waals surface area contributed by atoms with E-state index in [0.29, 0.717) is 39.3 Å². The van der Waals surface area contributed by atoms with Gasteiger partial charge in [0.15, 0.2) is 5.96 Å². The molecule has 1 aromatic heterocycles. The average Bonchev–Trinajstić information content (AvgIpc) is 3.25. The van der Waals surface area contributed by atoms with E-state index in [9.17, 15) is 13.2 Å². The first-order valence-electron chi connectivity index (χ1n) is 9.82. The van der Waals surface area contributed by atoms with Gasteiger partial charge in [0.1, 0.15) is 6.04 Å². The van der Waals surface area contributed by atoms with Crippen LogP contribution in [0.4, 0.5) is 13.2 Å². The van der Waals surface area contributed by atoms with E-state index < -0.39 is 12.2 Å². The van der Waals surface area contributed by atoms with Crippen molar-refractivity contribution < 1.29 is 13.2 Å². The van der Waals surface area contributed by atoms with Crippen molar-refractivity contribution >= 4 is 5.96 Å². The van der Waals surface area contributed by atoms with Crippen LogP contribution >= 0.6 is 0 Å². The second-order valence-corrected chi connectivity index (χ2v) is 6.99. The van der Waals surface area contributed by atoms with E-state index in [2.05, 4.69) is 10.4 Å². The summed E-state index contributed by atoms with van der Waals surface area (Å²) in [5.41, 5.74) is 1.98. The normalized spacial score (nSPS) is 17.4. The van der Waals surface area contributed by atoms with Gasteiger partial charge in [0, 0.05) is 45.1 Å². The Morgan fingerprint density at radius 2 is 1.90 bits per heavy atom. The summed E-state index contributed by atoms with van der Waals surface area (Å²) in [6.07, 6.45) is -0.586. The van der Waals surface area contributed by atoms with Gasteiger partial charge in [-0.05, 0) is 31.5 Å². The summed E-state index contributed by atoms with van der Waals surface area (Å²) in [5, 5.41) is 7.55. The quantitative estimate of drug-likeness (QED) is 0.611. The minimum absolute atomic E-state index is 0.356. The maximum atomic E-state index is 13.0. The van der Waals surface area contributed by atoms with Gasteiger partial charge in [0.2, 0.25) is 0 Å². The fourth-order valence-corrected chi connectivity index (χ4v) is 3.39. The fourth-order valence-electron chi connectivity index (χ4n) is 3.39. The van der Waals surface area contributed by atoms with Crippen LogP contribution in [0.15, 0.2) is 47.7 Å². The summed E-state index contributed by atoms with van der Waals surface area (Å²) in [6, 6.07) is 8.35. The molecule has 1 aromatic carbocycles. The maximum Gasteiger partial charge on any atom is 0.403 e. The Bertz CT molecular complexity index is 795. The molecule has 29 heavy (non-hydrogen) atoms. The first-order valence-corrected chi connectivity index (χ1v) is 9.82. The summed E-state index contributed by atoms with van der Waals surface area (Å²) in [6.45, 7) is 6.08. The Hall–Kier alpha value is -2.55. The number of halogens is 3. The van der Waals surface area contributed by atoms with Gasteiger partial charge in [-0.1, -0.05) is 18.2 Å². The lowest BCUT2D eigenvalue weighted by molar-refractivity contribution is -0.181. The predicted octanol–water partition coefficient (Wildman–Crippen LogP) is 2.91. The Morgan fingerprint density at radius 1 is 1.17 bits per heavy atom. The zero-order valence-corrected chi connectivity index (χ0v) is 16.7. The second kappa shape index (κ2) is 9.30. The van der Waals surface area contributed by atoms with Gasteiger partial charge in [-0.15, -0.1) is 0 Å². The van der Waals surface area contributed by atoms with Crippen LogP contribution in [0.5, 0.6) is 0 Å². The molecular formula is C20H27F3N6. The number of aromatic nitrogens is 2. The highest BCUT2D eigenvalue weighted by Crippen LogP contribution is 2.25. The monoisotopic (exact) mass is 408 g/mol. The smallest absolute Gasteiger partial charge is 0.357 e. The summed E-state index contributed by atoms with van der Waals surface area (Å²) < 4.78 is 40.7. The van der Waals surface area contributed by atoms with Gasteiger partial charge in [0.05, 0.1) is 12.2 Å². The van der Waals surface area contributed by atoms with Crippen molar-refractivity contribution in [3.63, 3.8) is 0 Å². The number of benzene rings is 1. The lowest BCUT2D eigenvalue weighted by Crippen LogP contribution is -2.56. The number of hydrogen-bond acceptors (Lipinski definition) is 3. The summed E-state index contributed by atoms with van der Waals surface area (Å²) >= 11 is 0. The molecule has 2 heterocycles.